The van der Waals surface area contributed by atoms with Crippen molar-refractivity contribution in [1.29, 1.82) is 0 Å². The molecule has 20 amide bonds. The Bertz CT molecular complexity index is 3840. The molecule has 0 spiro atoms. The van der Waals surface area contributed by atoms with Crippen LogP contribution in [0, 0.1) is 23.7 Å². The molecule has 0 radical (unpaired) electrons. The fraction of sp³-hybridized carbons (Fsp3) is 0.756. The number of hydrogen-bond donors (Lipinski definition) is 20. The standard InChI is InChI=1S/C82H144N20O21/c1-27-81(25,99-65(114)53(38-45(7)8)89-60(109)47(11)87-58(107)40-85-67(116)75(13,14)94-48(12)104)72(121)92-51(32-34-57(84)106)62(111)96-77(17,18)69(118)93-54(39-46(9)10)64(113)97-76(15,16)68(117)86-41-59(108)95-82(26,28-2)73(122)101-80(23,24)74(123)102-35-29-30-55(102)66(115)90-52(37-44(5)6)63(112)98-79(21,22)71(120)100-78(19,20)70(119)91-50(31-33-56(83)105)61(110)88-49(42-103)36-43(3)4/h43-47,49-55,103H,27-42H2,1-26H3,(H2,83,105)(H2,84,106)(H,85,116)(H,86,117)(H,87,107)(H,88,110)(H,89,109)(H,90,115)(H,91,119)(H,92,121)(H,93,118)(H,94,104)(H,95,108)(H,96,111)(H,97,113)(H,98,112)(H,99,114)(H,100,120)(H,101,122)/t47-,49-,50-,51-,52-,53-,54-,55-,81-,82-/m0/s1. The third-order valence-electron chi connectivity index (χ3n) is 20.6. The van der Waals surface area contributed by atoms with Gasteiger partial charge in [-0.2, -0.15) is 0 Å². The van der Waals surface area contributed by atoms with E-state index in [0.29, 0.717) is 12.8 Å². The molecular formula is C82H144N20O21. The van der Waals surface area contributed by atoms with E-state index in [9.17, 15) is 101 Å². The van der Waals surface area contributed by atoms with Gasteiger partial charge in [-0.15, -0.1) is 0 Å². The summed E-state index contributed by atoms with van der Waals surface area (Å²) in [7, 11) is 0. The van der Waals surface area contributed by atoms with Crippen LogP contribution in [-0.2, 0) is 95.9 Å². The van der Waals surface area contributed by atoms with Gasteiger partial charge in [-0.3, -0.25) is 95.9 Å². The molecule has 0 aromatic heterocycles. The van der Waals surface area contributed by atoms with Crippen molar-refractivity contribution in [3.63, 3.8) is 0 Å². The first-order valence-electron chi connectivity index (χ1n) is 41.9. The predicted octanol–water partition coefficient (Wildman–Crippen LogP) is -2.71. The van der Waals surface area contributed by atoms with E-state index in [4.69, 9.17) is 11.5 Å². The molecule has 41 heteroatoms. The predicted molar refractivity (Wildman–Crippen MR) is 454 cm³/mol. The molecule has 123 heavy (non-hydrogen) atoms. The monoisotopic (exact) mass is 1750 g/mol. The topological polar surface area (TPSA) is 621 Å². The Kier molecular flexibility index (Phi) is 42.4. The number of nitrogens with two attached hydrogens (primary N) is 2. The minimum Gasteiger partial charge on any atom is -0.394 e. The lowest BCUT2D eigenvalue weighted by atomic mass is 9.94. The molecular weight excluding hydrogens is 1600 g/mol. The number of likely N-dealkylation sites (tertiary alicyclic amines) is 1. The molecule has 1 rings (SSSR count). The summed E-state index contributed by atoms with van der Waals surface area (Å²) < 4.78 is 0. The highest BCUT2D eigenvalue weighted by Gasteiger charge is 2.48. The van der Waals surface area contributed by atoms with E-state index >= 15 is 0 Å². The van der Waals surface area contributed by atoms with Gasteiger partial charge in [0.25, 0.3) is 0 Å². The average molecular weight is 1750 g/mol. The number of amides is 20. The maximum absolute atomic E-state index is 14.5. The number of carbonyl (C=O) groups excluding carboxylic acids is 20. The average Bonchev–Trinajstić information content (AvgIpc) is 1.74. The summed E-state index contributed by atoms with van der Waals surface area (Å²) in [6, 6.07) is -9.84. The van der Waals surface area contributed by atoms with E-state index < -0.39 is 243 Å². The molecule has 10 atom stereocenters. The SMILES string of the molecule is CC[C@](C)(NC(=O)CNC(=O)C(C)(C)NC(=O)[C@H](CC(C)C)NC(=O)C(C)(C)NC(=O)[C@H](CCC(N)=O)NC(=O)[C@](C)(CC)NC(=O)[C@H](CC(C)C)NC(=O)[C@H](C)NC(=O)CNC(=O)C(C)(C)NC(C)=O)C(=O)NC(C)(C)C(=O)N1CCC[C@H]1C(=O)N[C@@H](CC(C)C)C(=O)NC(C)(C)C(=O)NC(C)(C)C(=O)N[C@@H](CCC(N)=O)C(=O)N[C@H](CO)CC(C)C. The molecule has 698 valence electrons. The molecule has 0 aliphatic carbocycles. The fourth-order valence-electron chi connectivity index (χ4n) is 12.7. The summed E-state index contributed by atoms with van der Waals surface area (Å²) in [5.41, 5.74) is -2.98. The van der Waals surface area contributed by atoms with Gasteiger partial charge in [0.2, 0.25) is 118 Å². The summed E-state index contributed by atoms with van der Waals surface area (Å²) >= 11 is 0. The molecule has 0 unspecified atom stereocenters. The zero-order chi connectivity index (χ0) is 95.4. The maximum Gasteiger partial charge on any atom is 0.248 e. The maximum atomic E-state index is 14.5. The molecule has 41 nitrogen and oxygen atoms in total. The first-order chi connectivity index (χ1) is 56.2. The first-order valence-corrected chi connectivity index (χ1v) is 41.9. The quantitative estimate of drug-likeness (QED) is 0.0294. The van der Waals surface area contributed by atoms with E-state index in [2.05, 4.69) is 90.4 Å². The Labute approximate surface area is 722 Å². The molecule has 0 aromatic carbocycles. The Morgan fingerprint density at radius 1 is 0.374 bits per heavy atom. The Morgan fingerprint density at radius 2 is 0.740 bits per heavy atom. The summed E-state index contributed by atoms with van der Waals surface area (Å²) in [5, 5.41) is 53.7. The van der Waals surface area contributed by atoms with E-state index in [1.165, 1.54) is 116 Å². The molecule has 0 saturated carbocycles. The lowest BCUT2D eigenvalue weighted by molar-refractivity contribution is -0.146. The first kappa shape index (κ1) is 110. The molecule has 1 aliphatic rings. The molecule has 0 bridgehead atoms. The second-order valence-corrected chi connectivity index (χ2v) is 37.1. The Morgan fingerprint density at radius 3 is 1.18 bits per heavy atom. The van der Waals surface area contributed by atoms with Crippen LogP contribution in [0.25, 0.3) is 0 Å². The van der Waals surface area contributed by atoms with Gasteiger partial charge in [0, 0.05) is 26.3 Å². The van der Waals surface area contributed by atoms with Gasteiger partial charge in [-0.1, -0.05) is 69.2 Å². The van der Waals surface area contributed by atoms with Crippen LogP contribution in [0.15, 0.2) is 0 Å². The van der Waals surface area contributed by atoms with Gasteiger partial charge in [-0.05, 0) is 192 Å². The smallest absolute Gasteiger partial charge is 0.248 e. The number of nitrogens with one attached hydrogen (secondary N) is 17. The third-order valence-corrected chi connectivity index (χ3v) is 20.6. The Balaban J connectivity index is 3.25. The van der Waals surface area contributed by atoms with E-state index in [1.807, 2.05) is 13.8 Å². The molecule has 1 aliphatic heterocycles. The normalized spacial score (nSPS) is 15.9. The number of rotatable bonds is 51. The second-order valence-electron chi connectivity index (χ2n) is 37.1. The largest absolute Gasteiger partial charge is 0.394 e. The van der Waals surface area contributed by atoms with Gasteiger partial charge in [-0.25, -0.2) is 0 Å². The van der Waals surface area contributed by atoms with Crippen molar-refractivity contribution in [2.24, 2.45) is 35.1 Å². The van der Waals surface area contributed by atoms with E-state index in [1.54, 1.807) is 55.4 Å². The molecule has 0 aromatic rings. The van der Waals surface area contributed by atoms with Crippen molar-refractivity contribution in [3.05, 3.63) is 0 Å². The van der Waals surface area contributed by atoms with Crippen LogP contribution in [0.5, 0.6) is 0 Å². The van der Waals surface area contributed by atoms with Crippen molar-refractivity contribution in [2.75, 3.05) is 26.2 Å². The van der Waals surface area contributed by atoms with Gasteiger partial charge < -0.3 is 112 Å². The highest BCUT2D eigenvalue weighted by Crippen LogP contribution is 2.25. The van der Waals surface area contributed by atoms with E-state index in [-0.39, 0.29) is 81.6 Å². The van der Waals surface area contributed by atoms with Crippen LogP contribution >= 0.6 is 0 Å². The van der Waals surface area contributed by atoms with Crippen molar-refractivity contribution in [3.8, 4) is 0 Å². The Hall–Kier alpha value is -10.6. The van der Waals surface area contributed by atoms with Crippen molar-refractivity contribution >= 4 is 118 Å². The molecule has 22 N–H and O–H groups in total. The fourth-order valence-corrected chi connectivity index (χ4v) is 12.7. The summed E-state index contributed by atoms with van der Waals surface area (Å²) in [5.74, 6) is -16.7. The molecule has 1 heterocycles. The number of carbonyl (C=O) groups is 20. The summed E-state index contributed by atoms with van der Waals surface area (Å²) in [4.78, 5) is 273. The van der Waals surface area contributed by atoms with Gasteiger partial charge >= 0.3 is 0 Å². The highest BCUT2D eigenvalue weighted by atomic mass is 16.3. The van der Waals surface area contributed by atoms with Crippen LogP contribution in [0.2, 0.25) is 0 Å². The molecule has 1 fully saturated rings. The van der Waals surface area contributed by atoms with Crippen LogP contribution in [-0.4, -0.2) is 247 Å². The van der Waals surface area contributed by atoms with Crippen LogP contribution in [0.1, 0.15) is 257 Å². The van der Waals surface area contributed by atoms with E-state index in [0.717, 1.165) is 0 Å². The summed E-state index contributed by atoms with van der Waals surface area (Å²) in [6.07, 6.45) is -0.483. The van der Waals surface area contributed by atoms with Crippen LogP contribution in [0.4, 0.5) is 0 Å². The minimum absolute atomic E-state index is 0.0191. The number of aliphatic hydroxyl groups is 1. The van der Waals surface area contributed by atoms with Gasteiger partial charge in [0.15, 0.2) is 0 Å². The third kappa shape index (κ3) is 36.4. The van der Waals surface area contributed by atoms with Gasteiger partial charge in [0.05, 0.1) is 25.7 Å². The lowest BCUT2D eigenvalue weighted by Crippen LogP contribution is -2.66. The minimum atomic E-state index is -1.89. The zero-order valence-electron chi connectivity index (χ0n) is 77.0. The van der Waals surface area contributed by atoms with Crippen LogP contribution in [0.3, 0.4) is 0 Å². The van der Waals surface area contributed by atoms with Gasteiger partial charge in [0.1, 0.15) is 86.6 Å². The summed E-state index contributed by atoms with van der Waals surface area (Å²) in [6.45, 7) is 37.4. The number of hydrogen-bond acceptors (Lipinski definition) is 21. The molecule has 1 saturated heterocycles. The number of aliphatic hydroxyl groups excluding tert-OH is 1. The zero-order valence-corrected chi connectivity index (χ0v) is 77.0. The number of primary amides is 2. The van der Waals surface area contributed by atoms with Crippen LogP contribution < -0.4 is 102 Å². The highest BCUT2D eigenvalue weighted by molar-refractivity contribution is 6.04. The van der Waals surface area contributed by atoms with Crippen molar-refractivity contribution in [2.45, 2.75) is 350 Å². The second kappa shape index (κ2) is 47.3. The lowest BCUT2D eigenvalue weighted by Gasteiger charge is -2.37. The van der Waals surface area contributed by atoms with Crippen molar-refractivity contribution < 1.29 is 101 Å². The number of nitrogens with zero attached hydrogens (tertiary/aromatic N) is 1. The van der Waals surface area contributed by atoms with Crippen molar-refractivity contribution in [1.82, 2.24) is 95.3 Å².